The summed E-state index contributed by atoms with van der Waals surface area (Å²) in [5, 5.41) is 10.5. The molecule has 5 rings (SSSR count). The summed E-state index contributed by atoms with van der Waals surface area (Å²) in [5.41, 5.74) is 4.49. The average molecular weight is 333 g/mol. The predicted molar refractivity (Wildman–Crippen MR) is 98.6 cm³/mol. The van der Waals surface area contributed by atoms with E-state index in [1.807, 2.05) is 6.07 Å². The van der Waals surface area contributed by atoms with E-state index in [4.69, 9.17) is 0 Å². The normalized spacial score (nSPS) is 27.1. The third-order valence-corrected chi connectivity index (χ3v) is 5.73. The SMILES string of the molecule is O=C(NC1CC1)c1ccc2c(c1)[C@H]1NCC[C@H]1C(c1ccccc1)N2. The van der Waals surface area contributed by atoms with Gasteiger partial charge in [-0.15, -0.1) is 0 Å². The minimum Gasteiger partial charge on any atom is -0.378 e. The largest absolute Gasteiger partial charge is 0.378 e. The second-order valence-electron chi connectivity index (χ2n) is 7.47. The summed E-state index contributed by atoms with van der Waals surface area (Å²) in [6.07, 6.45) is 3.38. The molecule has 1 unspecified atom stereocenters. The average Bonchev–Trinajstić information content (AvgIpc) is 3.33. The molecule has 1 amide bonds. The van der Waals surface area contributed by atoms with Crippen LogP contribution in [-0.4, -0.2) is 18.5 Å². The fraction of sp³-hybridized carbons (Fsp3) is 0.381. The molecule has 2 fully saturated rings. The molecule has 1 saturated carbocycles. The fourth-order valence-electron chi connectivity index (χ4n) is 4.28. The van der Waals surface area contributed by atoms with Gasteiger partial charge in [0.2, 0.25) is 0 Å². The van der Waals surface area contributed by atoms with Crippen LogP contribution in [0.25, 0.3) is 0 Å². The number of nitrogens with one attached hydrogen (secondary N) is 3. The van der Waals surface area contributed by atoms with Crippen LogP contribution in [0.1, 0.15) is 52.8 Å². The molecule has 4 heteroatoms. The van der Waals surface area contributed by atoms with E-state index in [1.165, 1.54) is 11.1 Å². The zero-order chi connectivity index (χ0) is 16.8. The van der Waals surface area contributed by atoms with Crippen molar-refractivity contribution < 1.29 is 4.79 Å². The Morgan fingerprint density at radius 2 is 1.84 bits per heavy atom. The second kappa shape index (κ2) is 5.88. The van der Waals surface area contributed by atoms with Crippen molar-refractivity contribution in [1.29, 1.82) is 0 Å². The van der Waals surface area contributed by atoms with Crippen molar-refractivity contribution in [2.75, 3.05) is 11.9 Å². The minimum atomic E-state index is 0.0602. The lowest BCUT2D eigenvalue weighted by Gasteiger charge is -2.37. The summed E-state index contributed by atoms with van der Waals surface area (Å²) in [6.45, 7) is 1.03. The minimum absolute atomic E-state index is 0.0602. The van der Waals surface area contributed by atoms with E-state index in [0.29, 0.717) is 24.0 Å². The molecule has 2 aliphatic heterocycles. The Hall–Kier alpha value is -2.33. The number of hydrogen-bond donors (Lipinski definition) is 3. The van der Waals surface area contributed by atoms with Crippen LogP contribution in [0.3, 0.4) is 0 Å². The lowest BCUT2D eigenvalue weighted by Crippen LogP contribution is -2.33. The summed E-state index contributed by atoms with van der Waals surface area (Å²) in [5.74, 6) is 0.571. The smallest absolute Gasteiger partial charge is 0.251 e. The molecule has 25 heavy (non-hydrogen) atoms. The lowest BCUT2D eigenvalue weighted by molar-refractivity contribution is 0.0951. The fourth-order valence-corrected chi connectivity index (χ4v) is 4.28. The Balaban J connectivity index is 1.48. The maximum Gasteiger partial charge on any atom is 0.251 e. The van der Waals surface area contributed by atoms with Crippen LogP contribution >= 0.6 is 0 Å². The number of carbonyl (C=O) groups excluding carboxylic acids is 1. The Kier molecular flexibility index (Phi) is 3.52. The molecule has 0 radical (unpaired) electrons. The molecule has 1 aliphatic carbocycles. The van der Waals surface area contributed by atoms with Gasteiger partial charge in [-0.05, 0) is 55.1 Å². The van der Waals surface area contributed by atoms with E-state index in [2.05, 4.69) is 58.4 Å². The third kappa shape index (κ3) is 2.71. The predicted octanol–water partition coefficient (Wildman–Crippen LogP) is 3.40. The van der Waals surface area contributed by atoms with E-state index in [0.717, 1.165) is 37.1 Å². The molecular weight excluding hydrogens is 310 g/mol. The van der Waals surface area contributed by atoms with Crippen molar-refractivity contribution in [1.82, 2.24) is 10.6 Å². The molecule has 1 saturated heterocycles. The number of rotatable bonds is 3. The number of carbonyl (C=O) groups is 1. The summed E-state index contributed by atoms with van der Waals surface area (Å²) in [7, 11) is 0. The van der Waals surface area contributed by atoms with Gasteiger partial charge >= 0.3 is 0 Å². The van der Waals surface area contributed by atoms with E-state index in [-0.39, 0.29) is 5.91 Å². The number of benzene rings is 2. The van der Waals surface area contributed by atoms with Gasteiger partial charge in [0.1, 0.15) is 0 Å². The first kappa shape index (κ1) is 15.0. The van der Waals surface area contributed by atoms with Gasteiger partial charge in [0.25, 0.3) is 5.91 Å². The van der Waals surface area contributed by atoms with Gasteiger partial charge in [-0.1, -0.05) is 30.3 Å². The van der Waals surface area contributed by atoms with Crippen LogP contribution in [0, 0.1) is 5.92 Å². The zero-order valence-electron chi connectivity index (χ0n) is 14.2. The first-order valence-corrected chi connectivity index (χ1v) is 9.29. The first-order valence-electron chi connectivity index (χ1n) is 9.29. The Morgan fingerprint density at radius 1 is 1.00 bits per heavy atom. The van der Waals surface area contributed by atoms with Gasteiger partial charge in [-0.2, -0.15) is 0 Å². The maximum atomic E-state index is 12.4. The highest BCUT2D eigenvalue weighted by molar-refractivity contribution is 5.95. The summed E-state index contributed by atoms with van der Waals surface area (Å²) >= 11 is 0. The molecule has 0 aromatic heterocycles. The van der Waals surface area contributed by atoms with Crippen LogP contribution in [0.2, 0.25) is 0 Å². The highest BCUT2D eigenvalue weighted by Gasteiger charge is 2.40. The third-order valence-electron chi connectivity index (χ3n) is 5.73. The molecule has 3 aliphatic rings. The van der Waals surface area contributed by atoms with Gasteiger partial charge in [-0.3, -0.25) is 4.79 Å². The molecule has 0 bridgehead atoms. The van der Waals surface area contributed by atoms with E-state index in [9.17, 15) is 4.79 Å². The molecule has 128 valence electrons. The van der Waals surface area contributed by atoms with Crippen molar-refractivity contribution in [3.63, 3.8) is 0 Å². The lowest BCUT2D eigenvalue weighted by atomic mass is 9.80. The van der Waals surface area contributed by atoms with Crippen molar-refractivity contribution in [3.8, 4) is 0 Å². The van der Waals surface area contributed by atoms with Crippen molar-refractivity contribution in [3.05, 3.63) is 65.2 Å². The Bertz CT molecular complexity index is 800. The number of hydrogen-bond acceptors (Lipinski definition) is 3. The number of amides is 1. The van der Waals surface area contributed by atoms with E-state index < -0.39 is 0 Å². The van der Waals surface area contributed by atoms with Crippen LogP contribution in [0.15, 0.2) is 48.5 Å². The van der Waals surface area contributed by atoms with Gasteiger partial charge in [0.05, 0.1) is 6.04 Å². The van der Waals surface area contributed by atoms with Crippen molar-refractivity contribution in [2.24, 2.45) is 5.92 Å². The van der Waals surface area contributed by atoms with Crippen LogP contribution in [0.5, 0.6) is 0 Å². The summed E-state index contributed by atoms with van der Waals surface area (Å²) < 4.78 is 0. The number of anilines is 1. The van der Waals surface area contributed by atoms with Crippen LogP contribution in [0.4, 0.5) is 5.69 Å². The topological polar surface area (TPSA) is 53.2 Å². The van der Waals surface area contributed by atoms with Crippen molar-refractivity contribution in [2.45, 2.75) is 37.4 Å². The van der Waals surface area contributed by atoms with Gasteiger partial charge < -0.3 is 16.0 Å². The first-order chi connectivity index (χ1) is 12.3. The maximum absolute atomic E-state index is 12.4. The molecule has 2 aromatic carbocycles. The Labute approximate surface area is 148 Å². The molecule has 2 aromatic rings. The number of fused-ring (bicyclic) bond motifs is 3. The quantitative estimate of drug-likeness (QED) is 0.807. The van der Waals surface area contributed by atoms with Crippen LogP contribution in [-0.2, 0) is 0 Å². The second-order valence-corrected chi connectivity index (χ2v) is 7.47. The summed E-state index contributed by atoms with van der Waals surface area (Å²) in [4.78, 5) is 12.4. The highest BCUT2D eigenvalue weighted by Crippen LogP contribution is 2.47. The monoisotopic (exact) mass is 333 g/mol. The van der Waals surface area contributed by atoms with E-state index >= 15 is 0 Å². The highest BCUT2D eigenvalue weighted by atomic mass is 16.1. The molecule has 4 nitrogen and oxygen atoms in total. The Morgan fingerprint density at radius 3 is 2.64 bits per heavy atom. The standard InChI is InChI=1S/C21H23N3O/c25-21(23-15-7-8-15)14-6-9-18-17(12-14)20-16(10-11-22-20)19(24-18)13-4-2-1-3-5-13/h1-6,9,12,15-16,19-20,22,24H,7-8,10-11H2,(H,23,25)/t16-,19?,20-/m0/s1. The van der Waals surface area contributed by atoms with Gasteiger partial charge in [0.15, 0.2) is 0 Å². The molecule has 3 atom stereocenters. The summed E-state index contributed by atoms with van der Waals surface area (Å²) in [6, 6.07) is 17.8. The molecular formula is C21H23N3O. The van der Waals surface area contributed by atoms with E-state index in [1.54, 1.807) is 0 Å². The molecule has 3 N–H and O–H groups in total. The van der Waals surface area contributed by atoms with Gasteiger partial charge in [-0.25, -0.2) is 0 Å². The van der Waals surface area contributed by atoms with Crippen molar-refractivity contribution >= 4 is 11.6 Å². The van der Waals surface area contributed by atoms with Crippen LogP contribution < -0.4 is 16.0 Å². The molecule has 2 heterocycles. The zero-order valence-corrected chi connectivity index (χ0v) is 14.2. The molecule has 0 spiro atoms. The van der Waals surface area contributed by atoms with Gasteiger partial charge in [0, 0.05) is 29.3 Å².